The van der Waals surface area contributed by atoms with E-state index in [0.29, 0.717) is 11.9 Å². The summed E-state index contributed by atoms with van der Waals surface area (Å²) in [5.74, 6) is 1.38. The highest BCUT2D eigenvalue weighted by molar-refractivity contribution is 5.68. The first-order chi connectivity index (χ1) is 12.1. The van der Waals surface area contributed by atoms with Gasteiger partial charge in [0.15, 0.2) is 0 Å². The first-order valence-electron chi connectivity index (χ1n) is 8.68. The highest BCUT2D eigenvalue weighted by atomic mass is 19.1. The summed E-state index contributed by atoms with van der Waals surface area (Å²) in [5, 5.41) is 0. The number of nitrogen functional groups attached to an aromatic ring is 1. The topological polar surface area (TPSA) is 81.1 Å². The molecule has 1 aliphatic carbocycles. The number of halogens is 1. The van der Waals surface area contributed by atoms with Crippen molar-refractivity contribution < 1.29 is 4.39 Å². The fraction of sp³-hybridized carbons (Fsp3) is 0.368. The summed E-state index contributed by atoms with van der Waals surface area (Å²) < 4.78 is 13.1. The number of anilines is 2. The first kappa shape index (κ1) is 16.0. The first-order valence-corrected chi connectivity index (χ1v) is 8.68. The SMILES string of the molecule is Nc1nc(C2CC(N)C2)cc(N2CC=C(c3ccc(F)cc3)CC2)n1. The molecule has 0 spiro atoms. The van der Waals surface area contributed by atoms with Crippen LogP contribution >= 0.6 is 0 Å². The number of rotatable bonds is 3. The Kier molecular flexibility index (Phi) is 4.13. The van der Waals surface area contributed by atoms with E-state index in [1.165, 1.54) is 17.7 Å². The Balaban J connectivity index is 1.51. The van der Waals surface area contributed by atoms with Crippen LogP contribution in [-0.4, -0.2) is 29.1 Å². The van der Waals surface area contributed by atoms with Gasteiger partial charge in [-0.05, 0) is 42.5 Å². The van der Waals surface area contributed by atoms with Gasteiger partial charge >= 0.3 is 0 Å². The Morgan fingerprint density at radius 1 is 1.12 bits per heavy atom. The summed E-state index contributed by atoms with van der Waals surface area (Å²) in [4.78, 5) is 11.0. The van der Waals surface area contributed by atoms with Gasteiger partial charge in [0.2, 0.25) is 5.95 Å². The van der Waals surface area contributed by atoms with E-state index < -0.39 is 0 Å². The third kappa shape index (κ3) is 3.35. The minimum atomic E-state index is -0.207. The monoisotopic (exact) mass is 339 g/mol. The van der Waals surface area contributed by atoms with Crippen LogP contribution in [0.4, 0.5) is 16.2 Å². The van der Waals surface area contributed by atoms with Gasteiger partial charge in [0, 0.05) is 31.1 Å². The highest BCUT2D eigenvalue weighted by Gasteiger charge is 2.29. The van der Waals surface area contributed by atoms with Gasteiger partial charge < -0.3 is 16.4 Å². The van der Waals surface area contributed by atoms with Crippen LogP contribution < -0.4 is 16.4 Å². The van der Waals surface area contributed by atoms with Crippen LogP contribution in [0, 0.1) is 5.82 Å². The van der Waals surface area contributed by atoms with Gasteiger partial charge in [-0.2, -0.15) is 4.98 Å². The van der Waals surface area contributed by atoms with Gasteiger partial charge in [-0.1, -0.05) is 18.2 Å². The Labute approximate surface area is 146 Å². The summed E-state index contributed by atoms with van der Waals surface area (Å²) in [6, 6.07) is 8.99. The van der Waals surface area contributed by atoms with E-state index in [1.807, 2.05) is 18.2 Å². The van der Waals surface area contributed by atoms with Crippen LogP contribution in [0.3, 0.4) is 0 Å². The van der Waals surface area contributed by atoms with Crippen molar-refractivity contribution in [2.45, 2.75) is 31.2 Å². The quantitative estimate of drug-likeness (QED) is 0.898. The predicted octanol–water partition coefficient (Wildman–Crippen LogP) is 2.70. The van der Waals surface area contributed by atoms with E-state index in [0.717, 1.165) is 49.4 Å². The second-order valence-electron chi connectivity index (χ2n) is 6.87. The minimum absolute atomic E-state index is 0.207. The molecule has 2 heterocycles. The van der Waals surface area contributed by atoms with Crippen molar-refractivity contribution in [3.8, 4) is 0 Å². The fourth-order valence-corrected chi connectivity index (χ4v) is 3.55. The molecule has 2 aromatic rings. The summed E-state index contributed by atoms with van der Waals surface area (Å²) in [6.07, 6.45) is 4.99. The summed E-state index contributed by atoms with van der Waals surface area (Å²) in [7, 11) is 0. The van der Waals surface area contributed by atoms with Gasteiger partial charge in [-0.3, -0.25) is 0 Å². The number of nitrogens with two attached hydrogens (primary N) is 2. The van der Waals surface area contributed by atoms with Gasteiger partial charge in [0.25, 0.3) is 0 Å². The molecule has 1 saturated carbocycles. The zero-order valence-electron chi connectivity index (χ0n) is 14.0. The van der Waals surface area contributed by atoms with Crippen LogP contribution in [0.25, 0.3) is 5.57 Å². The zero-order chi connectivity index (χ0) is 17.4. The number of hydrogen-bond acceptors (Lipinski definition) is 5. The van der Waals surface area contributed by atoms with Crippen molar-refractivity contribution in [3.05, 3.63) is 53.5 Å². The molecule has 1 aromatic carbocycles. The molecule has 1 aromatic heterocycles. The minimum Gasteiger partial charge on any atom is -0.368 e. The molecular formula is C19H22FN5. The Hall–Kier alpha value is -2.47. The summed E-state index contributed by atoms with van der Waals surface area (Å²) in [5.41, 5.74) is 15.1. The van der Waals surface area contributed by atoms with E-state index in [-0.39, 0.29) is 11.9 Å². The van der Waals surface area contributed by atoms with Crippen molar-refractivity contribution in [1.29, 1.82) is 0 Å². The van der Waals surface area contributed by atoms with Gasteiger partial charge in [-0.15, -0.1) is 0 Å². The third-order valence-corrected chi connectivity index (χ3v) is 5.09. The van der Waals surface area contributed by atoms with Crippen LogP contribution in [-0.2, 0) is 0 Å². The van der Waals surface area contributed by atoms with Crippen LogP contribution in [0.15, 0.2) is 36.4 Å². The maximum Gasteiger partial charge on any atom is 0.222 e. The van der Waals surface area contributed by atoms with E-state index in [9.17, 15) is 4.39 Å². The molecular weight excluding hydrogens is 317 g/mol. The Bertz CT molecular complexity index is 796. The number of hydrogen-bond donors (Lipinski definition) is 2. The van der Waals surface area contributed by atoms with E-state index in [1.54, 1.807) is 0 Å². The zero-order valence-corrected chi connectivity index (χ0v) is 14.0. The second kappa shape index (κ2) is 6.44. The summed E-state index contributed by atoms with van der Waals surface area (Å²) >= 11 is 0. The average molecular weight is 339 g/mol. The number of aromatic nitrogens is 2. The second-order valence-corrected chi connectivity index (χ2v) is 6.87. The maximum absolute atomic E-state index is 13.1. The smallest absolute Gasteiger partial charge is 0.222 e. The van der Waals surface area contributed by atoms with E-state index in [2.05, 4.69) is 20.9 Å². The van der Waals surface area contributed by atoms with Gasteiger partial charge in [0.1, 0.15) is 11.6 Å². The predicted molar refractivity (Wildman–Crippen MR) is 97.6 cm³/mol. The molecule has 0 radical (unpaired) electrons. The largest absolute Gasteiger partial charge is 0.368 e. The Morgan fingerprint density at radius 3 is 2.52 bits per heavy atom. The van der Waals surface area contributed by atoms with Crippen molar-refractivity contribution in [3.63, 3.8) is 0 Å². The lowest BCUT2D eigenvalue weighted by atomic mass is 9.78. The molecule has 4 rings (SSSR count). The lowest BCUT2D eigenvalue weighted by Gasteiger charge is -2.33. The third-order valence-electron chi connectivity index (χ3n) is 5.09. The molecule has 2 aliphatic rings. The molecule has 6 heteroatoms. The van der Waals surface area contributed by atoms with Gasteiger partial charge in [-0.25, -0.2) is 9.37 Å². The van der Waals surface area contributed by atoms with E-state index in [4.69, 9.17) is 11.5 Å². The van der Waals surface area contributed by atoms with Crippen molar-refractivity contribution in [1.82, 2.24) is 9.97 Å². The van der Waals surface area contributed by atoms with Crippen molar-refractivity contribution in [2.75, 3.05) is 23.7 Å². The maximum atomic E-state index is 13.1. The van der Waals surface area contributed by atoms with E-state index >= 15 is 0 Å². The molecule has 130 valence electrons. The molecule has 5 nitrogen and oxygen atoms in total. The summed E-state index contributed by atoms with van der Waals surface area (Å²) in [6.45, 7) is 1.61. The van der Waals surface area contributed by atoms with Crippen LogP contribution in [0.5, 0.6) is 0 Å². The molecule has 0 saturated heterocycles. The van der Waals surface area contributed by atoms with Crippen LogP contribution in [0.1, 0.15) is 36.4 Å². The number of nitrogens with zero attached hydrogens (tertiary/aromatic N) is 3. The van der Waals surface area contributed by atoms with Crippen molar-refractivity contribution >= 4 is 17.3 Å². The van der Waals surface area contributed by atoms with Crippen LogP contribution in [0.2, 0.25) is 0 Å². The molecule has 0 bridgehead atoms. The lowest BCUT2D eigenvalue weighted by molar-refractivity contribution is 0.345. The van der Waals surface area contributed by atoms with Crippen molar-refractivity contribution in [2.24, 2.45) is 5.73 Å². The molecule has 0 unspecified atom stereocenters. The highest BCUT2D eigenvalue weighted by Crippen LogP contribution is 2.36. The average Bonchev–Trinajstić information content (AvgIpc) is 2.59. The fourth-order valence-electron chi connectivity index (χ4n) is 3.55. The number of benzene rings is 1. The molecule has 1 aliphatic heterocycles. The molecule has 1 fully saturated rings. The lowest BCUT2D eigenvalue weighted by Crippen LogP contribution is -2.35. The molecule has 25 heavy (non-hydrogen) atoms. The Morgan fingerprint density at radius 2 is 1.88 bits per heavy atom. The normalized spacial score (nSPS) is 23.1. The van der Waals surface area contributed by atoms with Gasteiger partial charge in [0.05, 0.1) is 5.69 Å². The molecule has 0 atom stereocenters. The molecule has 0 amide bonds. The standard InChI is InChI=1S/C19H22FN5/c20-15-3-1-12(2-4-15)13-5-7-25(8-6-13)18-11-17(23-19(22)24-18)14-9-16(21)10-14/h1-5,11,14,16H,6-10,21H2,(H2,22,23,24). The molecule has 4 N–H and O–H groups in total.